The van der Waals surface area contributed by atoms with Crippen molar-refractivity contribution in [1.82, 2.24) is 10.3 Å². The fraction of sp³-hybridized carbons (Fsp3) is 0.0909. The zero-order valence-electron chi connectivity index (χ0n) is 14.9. The Morgan fingerprint density at radius 2 is 1.81 bits per heavy atom. The number of halogens is 1. The number of hydrogen-bond acceptors (Lipinski definition) is 4. The van der Waals surface area contributed by atoms with Crippen LogP contribution in [0, 0.1) is 11.2 Å². The third-order valence-corrected chi connectivity index (χ3v) is 4.06. The number of nitrogens with one attached hydrogen (secondary N) is 2. The van der Waals surface area contributed by atoms with Crippen LogP contribution in [0.15, 0.2) is 79.0 Å². The Morgan fingerprint density at radius 3 is 2.48 bits per heavy atom. The average Bonchev–Trinajstić information content (AvgIpc) is 2.72. The van der Waals surface area contributed by atoms with Crippen LogP contribution in [0.3, 0.4) is 0 Å². The molecule has 0 aliphatic heterocycles. The van der Waals surface area contributed by atoms with E-state index in [4.69, 9.17) is 10.1 Å². The molecule has 0 spiro atoms. The van der Waals surface area contributed by atoms with Gasteiger partial charge in [-0.2, -0.15) is 0 Å². The molecule has 2 N–H and O–H groups in total. The second kappa shape index (κ2) is 8.76. The third kappa shape index (κ3) is 4.79. The van der Waals surface area contributed by atoms with Gasteiger partial charge in [0.05, 0.1) is 18.5 Å². The summed E-state index contributed by atoms with van der Waals surface area (Å²) in [5.74, 6) is 0.478. The largest absolute Gasteiger partial charge is 0.497 e. The number of ether oxygens (including phenoxy) is 1. The SMILES string of the molecule is COc1ccc(/C(=C/C(=N)c2ccccn2)NCc2ccccc2F)cc1. The van der Waals surface area contributed by atoms with Crippen molar-refractivity contribution in [1.29, 1.82) is 5.41 Å². The molecule has 0 saturated heterocycles. The molecule has 2 aromatic carbocycles. The third-order valence-electron chi connectivity index (χ3n) is 4.06. The van der Waals surface area contributed by atoms with Gasteiger partial charge < -0.3 is 10.1 Å². The van der Waals surface area contributed by atoms with E-state index >= 15 is 0 Å². The smallest absolute Gasteiger partial charge is 0.128 e. The monoisotopic (exact) mass is 361 g/mol. The number of hydrogen-bond donors (Lipinski definition) is 2. The molecule has 4 nitrogen and oxygen atoms in total. The van der Waals surface area contributed by atoms with E-state index in [9.17, 15) is 4.39 Å². The van der Waals surface area contributed by atoms with E-state index in [1.807, 2.05) is 30.3 Å². The summed E-state index contributed by atoms with van der Waals surface area (Å²) in [7, 11) is 1.61. The van der Waals surface area contributed by atoms with Crippen molar-refractivity contribution in [2.24, 2.45) is 0 Å². The number of benzene rings is 2. The fourth-order valence-corrected chi connectivity index (χ4v) is 2.58. The molecule has 0 amide bonds. The lowest BCUT2D eigenvalue weighted by Crippen LogP contribution is -2.15. The minimum atomic E-state index is -0.265. The lowest BCUT2D eigenvalue weighted by atomic mass is 10.1. The highest BCUT2D eigenvalue weighted by Crippen LogP contribution is 2.19. The van der Waals surface area contributed by atoms with Crippen LogP contribution in [0.25, 0.3) is 5.70 Å². The van der Waals surface area contributed by atoms with Gasteiger partial charge in [0.15, 0.2) is 0 Å². The van der Waals surface area contributed by atoms with Crippen LogP contribution >= 0.6 is 0 Å². The Bertz CT molecular complexity index is 937. The summed E-state index contributed by atoms with van der Waals surface area (Å²) in [5, 5.41) is 11.6. The molecular formula is C22H20FN3O. The van der Waals surface area contributed by atoms with Gasteiger partial charge in [-0.15, -0.1) is 0 Å². The summed E-state index contributed by atoms with van der Waals surface area (Å²) in [5.41, 5.74) is 2.96. The zero-order chi connectivity index (χ0) is 19.1. The van der Waals surface area contributed by atoms with Crippen LogP contribution in [0.2, 0.25) is 0 Å². The van der Waals surface area contributed by atoms with Crippen LogP contribution in [-0.2, 0) is 6.54 Å². The molecule has 0 fully saturated rings. The molecule has 0 atom stereocenters. The first-order chi connectivity index (χ1) is 13.2. The number of methoxy groups -OCH3 is 1. The van der Waals surface area contributed by atoms with Gasteiger partial charge in [0.25, 0.3) is 0 Å². The van der Waals surface area contributed by atoms with Gasteiger partial charge in [-0.1, -0.05) is 24.3 Å². The molecule has 5 heteroatoms. The minimum Gasteiger partial charge on any atom is -0.497 e. The van der Waals surface area contributed by atoms with Crippen molar-refractivity contribution in [3.8, 4) is 5.75 Å². The van der Waals surface area contributed by atoms with Crippen molar-refractivity contribution < 1.29 is 9.13 Å². The van der Waals surface area contributed by atoms with Gasteiger partial charge in [0, 0.05) is 24.0 Å². The highest BCUT2D eigenvalue weighted by Gasteiger charge is 2.08. The van der Waals surface area contributed by atoms with Gasteiger partial charge in [0.1, 0.15) is 11.6 Å². The Labute approximate surface area is 157 Å². The van der Waals surface area contributed by atoms with Gasteiger partial charge in [0.2, 0.25) is 0 Å². The maximum atomic E-state index is 13.9. The molecule has 0 aliphatic carbocycles. The number of nitrogens with zero attached hydrogens (tertiary/aromatic N) is 1. The molecule has 27 heavy (non-hydrogen) atoms. The van der Waals surface area contributed by atoms with E-state index in [-0.39, 0.29) is 11.5 Å². The lowest BCUT2D eigenvalue weighted by molar-refractivity contribution is 0.415. The lowest BCUT2D eigenvalue weighted by Gasteiger charge is -2.13. The molecule has 3 aromatic rings. The molecule has 1 heterocycles. The van der Waals surface area contributed by atoms with E-state index in [2.05, 4.69) is 10.3 Å². The Balaban J connectivity index is 1.89. The Morgan fingerprint density at radius 1 is 1.07 bits per heavy atom. The summed E-state index contributed by atoms with van der Waals surface area (Å²) >= 11 is 0. The molecule has 0 unspecified atom stereocenters. The Kier molecular flexibility index (Phi) is 5.94. The van der Waals surface area contributed by atoms with Gasteiger partial charge in [-0.05, 0) is 54.1 Å². The summed E-state index contributed by atoms with van der Waals surface area (Å²) in [6.07, 6.45) is 3.35. The van der Waals surface area contributed by atoms with E-state index < -0.39 is 0 Å². The van der Waals surface area contributed by atoms with Crippen molar-refractivity contribution in [3.63, 3.8) is 0 Å². The van der Waals surface area contributed by atoms with E-state index in [0.717, 1.165) is 11.3 Å². The Hall–Kier alpha value is -3.47. The second-order valence-corrected chi connectivity index (χ2v) is 5.86. The van der Waals surface area contributed by atoms with Gasteiger partial charge >= 0.3 is 0 Å². The first kappa shape index (κ1) is 18.3. The minimum absolute atomic E-state index is 0.265. The van der Waals surface area contributed by atoms with Gasteiger partial charge in [-0.3, -0.25) is 10.4 Å². The fourth-order valence-electron chi connectivity index (χ4n) is 2.58. The van der Waals surface area contributed by atoms with Crippen molar-refractivity contribution >= 4 is 11.4 Å². The van der Waals surface area contributed by atoms with Crippen LogP contribution in [0.5, 0.6) is 5.75 Å². The molecule has 0 bridgehead atoms. The predicted octanol–water partition coefficient (Wildman–Crippen LogP) is 4.43. The topological polar surface area (TPSA) is 58.0 Å². The molecule has 1 aromatic heterocycles. The van der Waals surface area contributed by atoms with E-state index in [1.54, 1.807) is 49.7 Å². The predicted molar refractivity (Wildman–Crippen MR) is 105 cm³/mol. The normalized spacial score (nSPS) is 11.1. The number of aromatic nitrogens is 1. The first-order valence-electron chi connectivity index (χ1n) is 8.51. The molecule has 0 radical (unpaired) electrons. The second-order valence-electron chi connectivity index (χ2n) is 5.86. The zero-order valence-corrected chi connectivity index (χ0v) is 14.9. The van der Waals surface area contributed by atoms with E-state index in [1.165, 1.54) is 6.07 Å². The summed E-state index contributed by atoms with van der Waals surface area (Å²) in [4.78, 5) is 4.21. The molecular weight excluding hydrogens is 341 g/mol. The van der Waals surface area contributed by atoms with Crippen LogP contribution in [-0.4, -0.2) is 17.8 Å². The first-order valence-corrected chi connectivity index (χ1v) is 8.51. The number of pyridine rings is 1. The van der Waals surface area contributed by atoms with Gasteiger partial charge in [-0.25, -0.2) is 4.39 Å². The van der Waals surface area contributed by atoms with Crippen LogP contribution in [0.1, 0.15) is 16.8 Å². The summed E-state index contributed by atoms with van der Waals surface area (Å²) in [6, 6.07) is 19.5. The molecule has 0 aliphatic rings. The maximum absolute atomic E-state index is 13.9. The highest BCUT2D eigenvalue weighted by atomic mass is 19.1. The van der Waals surface area contributed by atoms with Crippen molar-refractivity contribution in [2.45, 2.75) is 6.54 Å². The maximum Gasteiger partial charge on any atom is 0.128 e. The molecule has 3 rings (SSSR count). The number of allylic oxidation sites excluding steroid dienone is 1. The van der Waals surface area contributed by atoms with Crippen molar-refractivity contribution in [2.75, 3.05) is 7.11 Å². The standard InChI is InChI=1S/C22H20FN3O/c1-27-18-11-9-16(10-12-18)22(14-20(24)21-8-4-5-13-25-21)26-15-17-6-2-3-7-19(17)23/h2-14,24,26H,15H2,1H3/b22-14-,24-20?. The van der Waals surface area contributed by atoms with Crippen LogP contribution < -0.4 is 10.1 Å². The van der Waals surface area contributed by atoms with Crippen LogP contribution in [0.4, 0.5) is 4.39 Å². The average molecular weight is 361 g/mol. The summed E-state index contributed by atoms with van der Waals surface area (Å²) < 4.78 is 19.1. The summed E-state index contributed by atoms with van der Waals surface area (Å²) in [6.45, 7) is 0.306. The quantitative estimate of drug-likeness (QED) is 0.612. The number of rotatable bonds is 7. The molecule has 0 saturated carbocycles. The molecule has 136 valence electrons. The van der Waals surface area contributed by atoms with Crippen molar-refractivity contribution in [3.05, 3.63) is 102 Å². The van der Waals surface area contributed by atoms with E-state index in [0.29, 0.717) is 23.5 Å². The highest BCUT2D eigenvalue weighted by molar-refractivity contribution is 6.08.